The highest BCUT2D eigenvalue weighted by Crippen LogP contribution is 2.13. The fraction of sp³-hybridized carbons (Fsp3) is 0.600. The molecule has 20 heavy (non-hydrogen) atoms. The van der Waals surface area contributed by atoms with Crippen molar-refractivity contribution < 1.29 is 4.79 Å². The van der Waals surface area contributed by atoms with Gasteiger partial charge in [-0.3, -0.25) is 14.7 Å². The van der Waals surface area contributed by atoms with E-state index in [1.165, 1.54) is 0 Å². The number of hydrogen-bond donors (Lipinski definition) is 1. The van der Waals surface area contributed by atoms with Gasteiger partial charge in [-0.1, -0.05) is 13.0 Å². The predicted octanol–water partition coefficient (Wildman–Crippen LogP) is 0.853. The van der Waals surface area contributed by atoms with Crippen LogP contribution in [0.25, 0.3) is 0 Å². The molecule has 1 fully saturated rings. The van der Waals surface area contributed by atoms with E-state index < -0.39 is 5.54 Å². The van der Waals surface area contributed by atoms with Crippen LogP contribution in [0.15, 0.2) is 24.4 Å². The summed E-state index contributed by atoms with van der Waals surface area (Å²) in [6, 6.07) is 5.96. The highest BCUT2D eigenvalue weighted by Gasteiger charge is 2.32. The Hall–Kier alpha value is -1.46. The van der Waals surface area contributed by atoms with E-state index in [-0.39, 0.29) is 5.91 Å². The molecule has 1 aromatic heterocycles. The number of nitrogens with zero attached hydrogens (tertiary/aromatic N) is 3. The smallest absolute Gasteiger partial charge is 0.242 e. The molecule has 1 atom stereocenters. The first-order valence-electron chi connectivity index (χ1n) is 7.23. The number of aromatic nitrogens is 1. The van der Waals surface area contributed by atoms with Crippen LogP contribution < -0.4 is 5.73 Å². The first-order chi connectivity index (χ1) is 9.53. The van der Waals surface area contributed by atoms with Crippen molar-refractivity contribution in [1.29, 1.82) is 0 Å². The molecule has 0 aromatic carbocycles. The molecule has 2 rings (SSSR count). The number of pyridine rings is 1. The first-order valence-corrected chi connectivity index (χ1v) is 7.23. The van der Waals surface area contributed by atoms with Crippen LogP contribution in [-0.4, -0.2) is 52.4 Å². The number of carbonyl (C=O) groups is 1. The maximum Gasteiger partial charge on any atom is 0.242 e. The Morgan fingerprint density at radius 3 is 2.60 bits per heavy atom. The zero-order valence-corrected chi connectivity index (χ0v) is 12.4. The van der Waals surface area contributed by atoms with E-state index in [1.54, 1.807) is 0 Å². The van der Waals surface area contributed by atoms with Gasteiger partial charge in [-0.2, -0.15) is 0 Å². The lowest BCUT2D eigenvalue weighted by Gasteiger charge is -2.38. The molecule has 0 aliphatic carbocycles. The first kappa shape index (κ1) is 14.9. The molecule has 110 valence electrons. The van der Waals surface area contributed by atoms with Gasteiger partial charge in [0, 0.05) is 38.9 Å². The molecule has 2 N–H and O–H groups in total. The molecule has 5 heteroatoms. The molecule has 2 heterocycles. The molecule has 5 nitrogen and oxygen atoms in total. The molecule has 1 saturated heterocycles. The van der Waals surface area contributed by atoms with Crippen molar-refractivity contribution in [3.05, 3.63) is 30.1 Å². The maximum atomic E-state index is 12.3. The second-order valence-electron chi connectivity index (χ2n) is 5.66. The van der Waals surface area contributed by atoms with E-state index in [2.05, 4.69) is 9.88 Å². The minimum absolute atomic E-state index is 0.0671. The Balaban J connectivity index is 1.85. The molecule has 1 aliphatic rings. The molecular weight excluding hydrogens is 252 g/mol. The van der Waals surface area contributed by atoms with Crippen LogP contribution >= 0.6 is 0 Å². The SMILES string of the molecule is CCC(C)(N)C(=O)N1CCN(Cc2ccccn2)CC1. The van der Waals surface area contributed by atoms with Crippen LogP contribution in [0.3, 0.4) is 0 Å². The van der Waals surface area contributed by atoms with Crippen molar-refractivity contribution >= 4 is 5.91 Å². The molecular formula is C15H24N4O. The molecule has 0 spiro atoms. The maximum absolute atomic E-state index is 12.3. The van der Waals surface area contributed by atoms with E-state index in [1.807, 2.05) is 43.1 Å². The van der Waals surface area contributed by atoms with Gasteiger partial charge in [-0.25, -0.2) is 0 Å². The van der Waals surface area contributed by atoms with Crippen molar-refractivity contribution in [1.82, 2.24) is 14.8 Å². The van der Waals surface area contributed by atoms with Gasteiger partial charge >= 0.3 is 0 Å². The minimum Gasteiger partial charge on any atom is -0.339 e. The number of hydrogen-bond acceptors (Lipinski definition) is 4. The lowest BCUT2D eigenvalue weighted by atomic mass is 9.98. The molecule has 0 saturated carbocycles. The van der Waals surface area contributed by atoms with E-state index in [9.17, 15) is 4.79 Å². The lowest BCUT2D eigenvalue weighted by molar-refractivity contribution is -0.138. The summed E-state index contributed by atoms with van der Waals surface area (Å²) in [5, 5.41) is 0. The van der Waals surface area contributed by atoms with Gasteiger partial charge in [-0.15, -0.1) is 0 Å². The highest BCUT2D eigenvalue weighted by molar-refractivity contribution is 5.85. The summed E-state index contributed by atoms with van der Waals surface area (Å²) in [4.78, 5) is 20.8. The summed E-state index contributed by atoms with van der Waals surface area (Å²) in [6.45, 7) is 7.86. The predicted molar refractivity (Wildman–Crippen MR) is 79.0 cm³/mol. The monoisotopic (exact) mass is 276 g/mol. The normalized spacial score (nSPS) is 19.6. The van der Waals surface area contributed by atoms with Crippen LogP contribution in [-0.2, 0) is 11.3 Å². The summed E-state index contributed by atoms with van der Waals surface area (Å²) < 4.78 is 0. The van der Waals surface area contributed by atoms with Crippen molar-refractivity contribution in [3.8, 4) is 0 Å². The Morgan fingerprint density at radius 2 is 2.05 bits per heavy atom. The fourth-order valence-electron chi connectivity index (χ4n) is 2.34. The van der Waals surface area contributed by atoms with Crippen molar-refractivity contribution in [2.75, 3.05) is 26.2 Å². The standard InChI is InChI=1S/C15H24N4O/c1-3-15(2,16)14(20)19-10-8-18(9-11-19)12-13-6-4-5-7-17-13/h4-7H,3,8-12,16H2,1-2H3. The van der Waals surface area contributed by atoms with E-state index in [0.717, 1.165) is 38.4 Å². The van der Waals surface area contributed by atoms with Gasteiger partial charge in [-0.05, 0) is 25.5 Å². The number of carbonyl (C=O) groups excluding carboxylic acids is 1. The van der Waals surface area contributed by atoms with Crippen LogP contribution in [0.2, 0.25) is 0 Å². The van der Waals surface area contributed by atoms with Gasteiger partial charge in [0.1, 0.15) is 0 Å². The third kappa shape index (κ3) is 3.55. The zero-order chi connectivity index (χ0) is 14.6. The van der Waals surface area contributed by atoms with Crippen molar-refractivity contribution in [2.45, 2.75) is 32.4 Å². The lowest BCUT2D eigenvalue weighted by Crippen LogP contribution is -2.57. The summed E-state index contributed by atoms with van der Waals surface area (Å²) in [6.07, 6.45) is 2.48. The van der Waals surface area contributed by atoms with Crippen LogP contribution in [0, 0.1) is 0 Å². The van der Waals surface area contributed by atoms with Crippen molar-refractivity contribution in [3.63, 3.8) is 0 Å². The average Bonchev–Trinajstić information content (AvgIpc) is 2.48. The van der Waals surface area contributed by atoms with Gasteiger partial charge < -0.3 is 10.6 Å². The molecule has 1 amide bonds. The minimum atomic E-state index is -0.733. The molecule has 1 unspecified atom stereocenters. The summed E-state index contributed by atoms with van der Waals surface area (Å²) in [5.74, 6) is 0.0671. The van der Waals surface area contributed by atoms with Gasteiger partial charge in [0.25, 0.3) is 0 Å². The van der Waals surface area contributed by atoms with Gasteiger partial charge in [0.15, 0.2) is 0 Å². The quantitative estimate of drug-likeness (QED) is 0.886. The van der Waals surface area contributed by atoms with E-state index in [0.29, 0.717) is 6.42 Å². The van der Waals surface area contributed by atoms with Crippen LogP contribution in [0.1, 0.15) is 26.0 Å². The second-order valence-corrected chi connectivity index (χ2v) is 5.66. The third-order valence-corrected chi connectivity index (χ3v) is 3.99. The largest absolute Gasteiger partial charge is 0.339 e. The Bertz CT molecular complexity index is 438. The topological polar surface area (TPSA) is 62.5 Å². The highest BCUT2D eigenvalue weighted by atomic mass is 16.2. The number of nitrogens with two attached hydrogens (primary N) is 1. The third-order valence-electron chi connectivity index (χ3n) is 3.99. The average molecular weight is 276 g/mol. The fourth-order valence-corrected chi connectivity index (χ4v) is 2.34. The number of amides is 1. The van der Waals surface area contributed by atoms with Crippen molar-refractivity contribution in [2.24, 2.45) is 5.73 Å². The summed E-state index contributed by atoms with van der Waals surface area (Å²) in [5.41, 5.74) is 6.37. The van der Waals surface area contributed by atoms with E-state index >= 15 is 0 Å². The zero-order valence-electron chi connectivity index (χ0n) is 12.4. The second kappa shape index (κ2) is 6.33. The Kier molecular flexibility index (Phi) is 4.73. The summed E-state index contributed by atoms with van der Waals surface area (Å²) in [7, 11) is 0. The molecule has 1 aromatic rings. The molecule has 0 bridgehead atoms. The van der Waals surface area contributed by atoms with Crippen LogP contribution in [0.5, 0.6) is 0 Å². The number of rotatable bonds is 4. The van der Waals surface area contributed by atoms with Crippen LogP contribution in [0.4, 0.5) is 0 Å². The number of piperazine rings is 1. The van der Waals surface area contributed by atoms with E-state index in [4.69, 9.17) is 5.73 Å². The van der Waals surface area contributed by atoms with Gasteiger partial charge in [0.2, 0.25) is 5.91 Å². The molecule has 1 aliphatic heterocycles. The van der Waals surface area contributed by atoms with Gasteiger partial charge in [0.05, 0.1) is 11.2 Å². The Labute approximate surface area is 120 Å². The Morgan fingerprint density at radius 1 is 1.35 bits per heavy atom. The molecule has 0 radical (unpaired) electrons. The summed E-state index contributed by atoms with van der Waals surface area (Å²) >= 11 is 0.